The van der Waals surface area contributed by atoms with Gasteiger partial charge in [0.2, 0.25) is 0 Å². The van der Waals surface area contributed by atoms with Gasteiger partial charge in [0.15, 0.2) is 0 Å². The van der Waals surface area contributed by atoms with Crippen LogP contribution in [-0.4, -0.2) is 14.1 Å². The maximum Gasteiger partial charge on any atom is 0.122 e. The summed E-state index contributed by atoms with van der Waals surface area (Å²) in [6.45, 7) is 0. The lowest BCUT2D eigenvalue weighted by Crippen LogP contribution is -2.34. The lowest BCUT2D eigenvalue weighted by molar-refractivity contribution is 0.601. The Bertz CT molecular complexity index is 2670. The van der Waals surface area contributed by atoms with Gasteiger partial charge < -0.3 is 4.57 Å². The molecule has 218 valence electrons. The van der Waals surface area contributed by atoms with E-state index in [0.717, 1.165) is 11.3 Å². The van der Waals surface area contributed by atoms with E-state index >= 15 is 0 Å². The summed E-state index contributed by atoms with van der Waals surface area (Å²) in [7, 11) is 0. The summed E-state index contributed by atoms with van der Waals surface area (Å²) in [6, 6.07) is 51.9. The van der Waals surface area contributed by atoms with Crippen LogP contribution in [0.15, 0.2) is 146 Å². The number of hydrogen-bond acceptors (Lipinski definition) is 1. The van der Waals surface area contributed by atoms with E-state index in [0.29, 0.717) is 0 Å². The predicted molar refractivity (Wildman–Crippen MR) is 189 cm³/mol. The normalized spacial score (nSPS) is 18.3. The second-order valence-electron chi connectivity index (χ2n) is 13.4. The summed E-state index contributed by atoms with van der Waals surface area (Å²) < 4.78 is 5.04. The Labute approximate surface area is 271 Å². The van der Waals surface area contributed by atoms with Crippen molar-refractivity contribution in [3.05, 3.63) is 191 Å². The molecule has 0 radical (unpaired) electrons. The first-order valence-electron chi connectivity index (χ1n) is 16.6. The molecule has 6 aromatic carbocycles. The largest absolute Gasteiger partial charge is 0.312 e. The van der Waals surface area contributed by atoms with Crippen LogP contribution in [0.3, 0.4) is 0 Å². The highest BCUT2D eigenvalue weighted by Crippen LogP contribution is 2.62. The zero-order chi connectivity index (χ0) is 30.4. The van der Waals surface area contributed by atoms with E-state index < -0.39 is 5.41 Å². The predicted octanol–water partition coefficient (Wildman–Crippen LogP) is 9.90. The van der Waals surface area contributed by atoms with Crippen LogP contribution in [0.25, 0.3) is 50.5 Å². The van der Waals surface area contributed by atoms with Crippen LogP contribution in [0.4, 0.5) is 0 Å². The molecule has 3 nitrogen and oxygen atoms in total. The van der Waals surface area contributed by atoms with Crippen LogP contribution in [0.2, 0.25) is 0 Å². The molecular weight excluding hydrogens is 571 g/mol. The summed E-state index contributed by atoms with van der Waals surface area (Å²) in [5, 5.41) is 1.32. The van der Waals surface area contributed by atoms with E-state index in [1.54, 1.807) is 0 Å². The van der Waals surface area contributed by atoms with E-state index in [9.17, 15) is 0 Å². The van der Waals surface area contributed by atoms with Gasteiger partial charge in [-0.05, 0) is 63.2 Å². The van der Waals surface area contributed by atoms with Crippen molar-refractivity contribution in [2.45, 2.75) is 17.3 Å². The highest BCUT2D eigenvalue weighted by Gasteiger charge is 2.52. The van der Waals surface area contributed by atoms with E-state index in [-0.39, 0.29) is 11.8 Å². The summed E-state index contributed by atoms with van der Waals surface area (Å²) in [5.41, 5.74) is 17.8. The fourth-order valence-electron chi connectivity index (χ4n) is 9.89. The van der Waals surface area contributed by atoms with Gasteiger partial charge in [0.25, 0.3) is 0 Å². The van der Waals surface area contributed by atoms with Crippen molar-refractivity contribution in [2.24, 2.45) is 0 Å². The summed E-state index contributed by atoms with van der Waals surface area (Å²) in [4.78, 5) is 5.31. The van der Waals surface area contributed by atoms with Crippen LogP contribution in [0.1, 0.15) is 56.7 Å². The molecule has 0 N–H and O–H groups in total. The third-order valence-corrected chi connectivity index (χ3v) is 11.5. The first-order valence-corrected chi connectivity index (χ1v) is 16.6. The molecule has 2 atom stereocenters. The maximum atomic E-state index is 5.31. The second-order valence-corrected chi connectivity index (χ2v) is 13.4. The number of nitrogens with zero attached hydrogens (tertiary/aromatic N) is 3. The number of fused-ring (bicyclic) bond motifs is 21. The molecule has 2 aliphatic carbocycles. The summed E-state index contributed by atoms with van der Waals surface area (Å²) in [5.74, 6) is 1.36. The summed E-state index contributed by atoms with van der Waals surface area (Å²) >= 11 is 0. The second kappa shape index (κ2) is 8.26. The molecule has 8 aromatic rings. The van der Waals surface area contributed by atoms with Gasteiger partial charge in [-0.15, -0.1) is 0 Å². The molecule has 1 spiro atoms. The molecule has 0 saturated heterocycles. The number of imidazole rings is 1. The topological polar surface area (TPSA) is 22.8 Å². The smallest absolute Gasteiger partial charge is 0.122 e. The molecule has 47 heavy (non-hydrogen) atoms. The quantitative estimate of drug-likeness (QED) is 0.171. The van der Waals surface area contributed by atoms with Gasteiger partial charge in [0, 0.05) is 28.5 Å². The number of para-hydroxylation sites is 5. The van der Waals surface area contributed by atoms with Crippen LogP contribution in [-0.2, 0) is 5.41 Å². The number of aromatic nitrogens is 3. The van der Waals surface area contributed by atoms with Crippen LogP contribution >= 0.6 is 0 Å². The van der Waals surface area contributed by atoms with Crippen molar-refractivity contribution >= 4 is 28.0 Å². The van der Waals surface area contributed by atoms with Crippen LogP contribution in [0.5, 0.6) is 0 Å². The Morgan fingerprint density at radius 3 is 2.04 bits per heavy atom. The average Bonchev–Trinajstić information content (AvgIpc) is 3.79. The maximum absolute atomic E-state index is 5.31. The minimum Gasteiger partial charge on any atom is -0.312 e. The Kier molecular flexibility index (Phi) is 4.27. The highest BCUT2D eigenvalue weighted by molar-refractivity contribution is 6.02. The Morgan fingerprint density at radius 1 is 0.553 bits per heavy atom. The fraction of sp³-hybridized carbons (Fsp3) is 0.0682. The number of allylic oxidation sites excluding steroid dienone is 1. The van der Waals surface area contributed by atoms with Gasteiger partial charge >= 0.3 is 0 Å². The van der Waals surface area contributed by atoms with Crippen molar-refractivity contribution in [3.8, 4) is 22.5 Å². The van der Waals surface area contributed by atoms with Gasteiger partial charge in [0.05, 0.1) is 33.3 Å². The molecule has 2 aliphatic heterocycles. The molecule has 0 bridgehead atoms. The lowest BCUT2D eigenvalue weighted by Gasteiger charge is -2.41. The van der Waals surface area contributed by atoms with Gasteiger partial charge in [-0.1, -0.05) is 127 Å². The standard InChI is InChI=1S/C44H27N3/c1-4-16-32-26(12-1)27-13-2-5-17-33(27)44(32)34-18-6-9-22-38(34)47-41-28(15-11-19-35(41)44)29-24-25-31-40(42(29)47)30-14-3-8-21-37(30)46-39-23-10-7-20-36(39)45-43(31)46/h1-25,31,40H. The van der Waals surface area contributed by atoms with Gasteiger partial charge in [-0.2, -0.15) is 0 Å². The molecule has 2 aromatic heterocycles. The summed E-state index contributed by atoms with van der Waals surface area (Å²) in [6.07, 6.45) is 4.82. The van der Waals surface area contributed by atoms with Gasteiger partial charge in [0.1, 0.15) is 5.82 Å². The Hall–Kier alpha value is -5.93. The highest BCUT2D eigenvalue weighted by atomic mass is 15.1. The van der Waals surface area contributed by atoms with E-state index in [1.165, 1.54) is 78.0 Å². The molecule has 0 saturated carbocycles. The van der Waals surface area contributed by atoms with E-state index in [4.69, 9.17) is 4.98 Å². The molecule has 4 heterocycles. The Morgan fingerprint density at radius 2 is 1.21 bits per heavy atom. The molecule has 0 amide bonds. The van der Waals surface area contributed by atoms with Crippen molar-refractivity contribution in [2.75, 3.05) is 0 Å². The fourth-order valence-corrected chi connectivity index (χ4v) is 9.89. The average molecular weight is 598 g/mol. The number of hydrogen-bond donors (Lipinski definition) is 0. The molecule has 4 aliphatic rings. The molecule has 12 rings (SSSR count). The molecule has 0 fully saturated rings. The molecular formula is C44H27N3. The lowest BCUT2D eigenvalue weighted by atomic mass is 9.65. The number of rotatable bonds is 0. The minimum atomic E-state index is -0.401. The van der Waals surface area contributed by atoms with Crippen molar-refractivity contribution < 1.29 is 0 Å². The van der Waals surface area contributed by atoms with Crippen molar-refractivity contribution in [1.82, 2.24) is 14.1 Å². The molecule has 2 unspecified atom stereocenters. The van der Waals surface area contributed by atoms with Crippen LogP contribution < -0.4 is 0 Å². The zero-order valence-corrected chi connectivity index (χ0v) is 25.4. The monoisotopic (exact) mass is 597 g/mol. The minimum absolute atomic E-state index is 0.116. The first-order chi connectivity index (χ1) is 23.4. The third-order valence-electron chi connectivity index (χ3n) is 11.5. The zero-order valence-electron chi connectivity index (χ0n) is 25.4. The first kappa shape index (κ1) is 24.3. The SMILES string of the molecule is C1=CC2c3nc4ccccc4n3-c3ccccc3C2c2c1c1cccc3c1n2-c1ccccc1C31c2ccccc2-c2ccccc21. The third kappa shape index (κ3) is 2.65. The number of benzene rings is 6. The Balaban J connectivity index is 1.24. The van der Waals surface area contributed by atoms with Crippen molar-refractivity contribution in [3.63, 3.8) is 0 Å². The molecule has 3 heteroatoms. The van der Waals surface area contributed by atoms with Crippen LogP contribution in [0, 0.1) is 0 Å². The van der Waals surface area contributed by atoms with E-state index in [2.05, 4.69) is 161 Å². The van der Waals surface area contributed by atoms with Gasteiger partial charge in [-0.3, -0.25) is 4.57 Å². The van der Waals surface area contributed by atoms with Crippen molar-refractivity contribution in [1.29, 1.82) is 0 Å². The van der Waals surface area contributed by atoms with Gasteiger partial charge in [-0.25, -0.2) is 4.98 Å². The van der Waals surface area contributed by atoms with E-state index in [1.807, 2.05) is 0 Å².